The molecule has 1 aliphatic rings. The third kappa shape index (κ3) is 2.86. The van der Waals surface area contributed by atoms with Gasteiger partial charge in [-0.2, -0.15) is 0 Å². The molecule has 1 heterocycles. The number of amides is 1. The molecule has 0 bridgehead atoms. The van der Waals surface area contributed by atoms with Crippen molar-refractivity contribution < 1.29 is 9.53 Å². The summed E-state index contributed by atoms with van der Waals surface area (Å²) >= 11 is 0. The first-order valence-corrected chi connectivity index (χ1v) is 2.65. The second kappa shape index (κ2) is 4.51. The minimum Gasteiger partial charge on any atom is -0.458 e. The van der Waals surface area contributed by atoms with Crippen LogP contribution in [-0.2, 0) is 9.53 Å². The second-order valence-electron chi connectivity index (χ2n) is 1.60. The van der Waals surface area contributed by atoms with Crippen LogP contribution in [0, 0.1) is 0 Å². The number of primary amides is 1. The van der Waals surface area contributed by atoms with Gasteiger partial charge in [0.1, 0.15) is 0 Å². The van der Waals surface area contributed by atoms with Gasteiger partial charge in [0.25, 0.3) is 5.91 Å². The quantitative estimate of drug-likeness (QED) is 0.624. The van der Waals surface area contributed by atoms with Crippen LogP contribution in [0.4, 0.5) is 0 Å². The van der Waals surface area contributed by atoms with E-state index in [4.69, 9.17) is 10.5 Å². The Hall–Kier alpha value is -1.29. The van der Waals surface area contributed by atoms with Gasteiger partial charge in [-0.3, -0.25) is 9.79 Å². The Balaban J connectivity index is 0.000001000. The molecule has 0 aliphatic carbocycles. The molecule has 0 radical (unpaired) electrons. The fraction of sp³-hybridized carbons (Fsp3) is 0. The SMILES string of the molecule is Cl.NC(=O)C1=CN=CC=CO1. The summed E-state index contributed by atoms with van der Waals surface area (Å²) in [5, 5.41) is 0. The first-order chi connectivity index (χ1) is 4.80. The van der Waals surface area contributed by atoms with E-state index in [1.54, 1.807) is 6.08 Å². The predicted octanol–water partition coefficient (Wildman–Crippen LogP) is 0.350. The van der Waals surface area contributed by atoms with E-state index in [2.05, 4.69) is 4.99 Å². The number of halogens is 1. The van der Waals surface area contributed by atoms with Crippen LogP contribution < -0.4 is 5.73 Å². The maximum Gasteiger partial charge on any atom is 0.286 e. The zero-order valence-corrected chi connectivity index (χ0v) is 6.38. The molecule has 0 saturated carbocycles. The lowest BCUT2D eigenvalue weighted by Crippen LogP contribution is -2.14. The van der Waals surface area contributed by atoms with Gasteiger partial charge in [-0.15, -0.1) is 12.4 Å². The molecule has 5 heteroatoms. The van der Waals surface area contributed by atoms with Gasteiger partial charge >= 0.3 is 0 Å². The van der Waals surface area contributed by atoms with Gasteiger partial charge in [0.2, 0.25) is 5.76 Å². The molecule has 4 nitrogen and oxygen atoms in total. The Kier molecular flexibility index (Phi) is 3.98. The Morgan fingerprint density at radius 2 is 2.36 bits per heavy atom. The molecule has 2 N–H and O–H groups in total. The van der Waals surface area contributed by atoms with Gasteiger partial charge in [-0.05, 0) is 6.08 Å². The minimum absolute atomic E-state index is 0. The molecule has 0 aromatic heterocycles. The third-order valence-electron chi connectivity index (χ3n) is 0.880. The predicted molar refractivity (Wildman–Crippen MR) is 43.2 cm³/mol. The Bertz CT molecular complexity index is 233. The number of rotatable bonds is 1. The molecular weight excluding hydrogens is 168 g/mol. The largest absolute Gasteiger partial charge is 0.458 e. The van der Waals surface area contributed by atoms with Crippen LogP contribution in [0.2, 0.25) is 0 Å². The number of nitrogens with two attached hydrogens (primary N) is 1. The number of carbonyl (C=O) groups is 1. The Morgan fingerprint density at radius 3 is 3.00 bits per heavy atom. The summed E-state index contributed by atoms with van der Waals surface area (Å²) in [6, 6.07) is 0. The van der Waals surface area contributed by atoms with E-state index >= 15 is 0 Å². The van der Waals surface area contributed by atoms with Crippen molar-refractivity contribution in [1.82, 2.24) is 0 Å². The molecule has 0 saturated heterocycles. The molecule has 11 heavy (non-hydrogen) atoms. The number of carbonyl (C=O) groups excluding carboxylic acids is 1. The van der Waals surface area contributed by atoms with Gasteiger partial charge in [-0.1, -0.05) is 0 Å². The lowest BCUT2D eigenvalue weighted by molar-refractivity contribution is -0.117. The molecule has 0 fully saturated rings. The normalized spacial score (nSPS) is 14.0. The van der Waals surface area contributed by atoms with Crippen molar-refractivity contribution in [2.75, 3.05) is 0 Å². The van der Waals surface area contributed by atoms with Crippen molar-refractivity contribution in [3.8, 4) is 0 Å². The van der Waals surface area contributed by atoms with Crippen LogP contribution in [-0.4, -0.2) is 12.1 Å². The van der Waals surface area contributed by atoms with Crippen molar-refractivity contribution in [2.24, 2.45) is 10.7 Å². The van der Waals surface area contributed by atoms with E-state index in [9.17, 15) is 4.79 Å². The molecule has 60 valence electrons. The molecule has 0 aromatic rings. The molecule has 1 aliphatic heterocycles. The zero-order valence-electron chi connectivity index (χ0n) is 5.56. The van der Waals surface area contributed by atoms with Crippen LogP contribution in [0.5, 0.6) is 0 Å². The van der Waals surface area contributed by atoms with E-state index in [0.29, 0.717) is 0 Å². The van der Waals surface area contributed by atoms with E-state index in [-0.39, 0.29) is 18.2 Å². The average molecular weight is 175 g/mol. The summed E-state index contributed by atoms with van der Waals surface area (Å²) in [4.78, 5) is 14.1. The standard InChI is InChI=1S/C6H6N2O2.ClH/c7-6(9)5-4-8-2-1-3-10-5;/h1-4H,(H2,7,9);1H. The fourth-order valence-electron chi connectivity index (χ4n) is 0.460. The van der Waals surface area contributed by atoms with Crippen molar-refractivity contribution in [1.29, 1.82) is 0 Å². The van der Waals surface area contributed by atoms with Gasteiger partial charge in [0.05, 0.1) is 12.5 Å². The fourth-order valence-corrected chi connectivity index (χ4v) is 0.460. The number of hydrogen-bond donors (Lipinski definition) is 1. The number of aliphatic imine (C=N–C) groups is 1. The van der Waals surface area contributed by atoms with Crippen LogP contribution in [0.3, 0.4) is 0 Å². The Labute approximate surface area is 69.8 Å². The first-order valence-electron chi connectivity index (χ1n) is 2.65. The van der Waals surface area contributed by atoms with E-state index in [1.165, 1.54) is 18.7 Å². The van der Waals surface area contributed by atoms with Crippen molar-refractivity contribution in [3.63, 3.8) is 0 Å². The highest BCUT2D eigenvalue weighted by Gasteiger charge is 2.03. The first kappa shape index (κ1) is 9.71. The van der Waals surface area contributed by atoms with Crippen molar-refractivity contribution >= 4 is 24.5 Å². The molecular formula is C6H7ClN2O2. The lowest BCUT2D eigenvalue weighted by atomic mass is 10.5. The summed E-state index contributed by atoms with van der Waals surface area (Å²) in [6.07, 6.45) is 5.66. The van der Waals surface area contributed by atoms with E-state index in [0.717, 1.165) is 0 Å². The maximum absolute atomic E-state index is 10.4. The van der Waals surface area contributed by atoms with Crippen LogP contribution >= 0.6 is 12.4 Å². The van der Waals surface area contributed by atoms with Gasteiger partial charge in [-0.25, -0.2) is 0 Å². The molecule has 1 amide bonds. The maximum atomic E-state index is 10.4. The Morgan fingerprint density at radius 1 is 1.64 bits per heavy atom. The molecule has 0 aromatic carbocycles. The van der Waals surface area contributed by atoms with Gasteiger partial charge in [0.15, 0.2) is 0 Å². The van der Waals surface area contributed by atoms with Gasteiger partial charge in [0, 0.05) is 6.21 Å². The highest BCUT2D eigenvalue weighted by atomic mass is 35.5. The van der Waals surface area contributed by atoms with Crippen LogP contribution in [0.1, 0.15) is 0 Å². The number of allylic oxidation sites excluding steroid dienone is 1. The highest BCUT2D eigenvalue weighted by molar-refractivity contribution is 5.90. The number of hydrogen-bond acceptors (Lipinski definition) is 3. The van der Waals surface area contributed by atoms with Crippen molar-refractivity contribution in [2.45, 2.75) is 0 Å². The molecule has 0 unspecified atom stereocenters. The minimum atomic E-state index is -0.622. The summed E-state index contributed by atoms with van der Waals surface area (Å²) in [5.74, 6) is -0.575. The van der Waals surface area contributed by atoms with E-state index in [1.807, 2.05) is 0 Å². The smallest absolute Gasteiger partial charge is 0.286 e. The summed E-state index contributed by atoms with van der Waals surface area (Å²) < 4.78 is 4.75. The second-order valence-corrected chi connectivity index (χ2v) is 1.60. The lowest BCUT2D eigenvalue weighted by Gasteiger charge is -1.96. The molecule has 0 atom stereocenters. The van der Waals surface area contributed by atoms with E-state index < -0.39 is 5.91 Å². The monoisotopic (exact) mass is 174 g/mol. The average Bonchev–Trinajstić information content (AvgIpc) is 2.12. The highest BCUT2D eigenvalue weighted by Crippen LogP contribution is 1.99. The number of nitrogens with zero attached hydrogens (tertiary/aromatic N) is 1. The summed E-state index contributed by atoms with van der Waals surface area (Å²) in [5.41, 5.74) is 4.90. The topological polar surface area (TPSA) is 64.7 Å². The molecule has 0 spiro atoms. The molecule has 1 rings (SSSR count). The van der Waals surface area contributed by atoms with Crippen LogP contribution in [0.25, 0.3) is 0 Å². The van der Waals surface area contributed by atoms with Crippen molar-refractivity contribution in [3.05, 3.63) is 24.3 Å². The van der Waals surface area contributed by atoms with Gasteiger partial charge < -0.3 is 10.5 Å². The number of ether oxygens (including phenoxy) is 1. The third-order valence-corrected chi connectivity index (χ3v) is 0.880. The summed E-state index contributed by atoms with van der Waals surface area (Å²) in [6.45, 7) is 0. The zero-order chi connectivity index (χ0) is 7.40. The summed E-state index contributed by atoms with van der Waals surface area (Å²) in [7, 11) is 0. The van der Waals surface area contributed by atoms with Crippen LogP contribution in [0.15, 0.2) is 29.3 Å².